The first-order chi connectivity index (χ1) is 13.9. The van der Waals surface area contributed by atoms with Crippen molar-refractivity contribution < 1.29 is 18.7 Å². The minimum Gasteiger partial charge on any atom is -0.495 e. The summed E-state index contributed by atoms with van der Waals surface area (Å²) in [5, 5.41) is 7.11. The average molecular weight is 418 g/mol. The molecule has 150 valence electrons. The summed E-state index contributed by atoms with van der Waals surface area (Å²) >= 11 is 6.05. The summed E-state index contributed by atoms with van der Waals surface area (Å²) in [6.45, 7) is 1.54. The van der Waals surface area contributed by atoms with E-state index < -0.39 is 23.4 Å². The van der Waals surface area contributed by atoms with Crippen molar-refractivity contribution >= 4 is 23.2 Å². The maximum atomic E-state index is 13.1. The third-order valence-corrected chi connectivity index (χ3v) is 4.23. The van der Waals surface area contributed by atoms with E-state index in [-0.39, 0.29) is 5.88 Å². The molecule has 1 heterocycles. The highest BCUT2D eigenvalue weighted by Crippen LogP contribution is 2.27. The molecule has 1 unspecified atom stereocenters. The number of nitrogens with zero attached hydrogens (tertiary/aromatic N) is 2. The van der Waals surface area contributed by atoms with Crippen molar-refractivity contribution in [1.82, 2.24) is 9.78 Å². The predicted octanol–water partition coefficient (Wildman–Crippen LogP) is 3.44. The van der Waals surface area contributed by atoms with E-state index in [1.807, 2.05) is 0 Å². The van der Waals surface area contributed by atoms with Crippen LogP contribution in [0.5, 0.6) is 11.6 Å². The number of amides is 1. The monoisotopic (exact) mass is 417 g/mol. The molecule has 0 saturated heterocycles. The fraction of sp³-hybridized carbons (Fsp3) is 0.150. The molecule has 1 amide bonds. The predicted molar refractivity (Wildman–Crippen MR) is 107 cm³/mol. The number of carbonyl (C=O) groups is 1. The number of nitrogens with one attached hydrogen (secondary N) is 1. The molecule has 1 atom stereocenters. The van der Waals surface area contributed by atoms with Gasteiger partial charge in [-0.2, -0.15) is 4.68 Å². The second-order valence-electron chi connectivity index (χ2n) is 6.00. The van der Waals surface area contributed by atoms with Crippen LogP contribution in [0.25, 0.3) is 5.69 Å². The average Bonchev–Trinajstić information content (AvgIpc) is 2.70. The van der Waals surface area contributed by atoms with Crippen LogP contribution in [0, 0.1) is 5.82 Å². The second-order valence-corrected chi connectivity index (χ2v) is 6.40. The Hall–Kier alpha value is -3.39. The van der Waals surface area contributed by atoms with E-state index in [1.54, 1.807) is 18.2 Å². The summed E-state index contributed by atoms with van der Waals surface area (Å²) in [6, 6.07) is 12.7. The molecule has 0 spiro atoms. The maximum Gasteiger partial charge on any atom is 0.271 e. The van der Waals surface area contributed by atoms with Crippen LogP contribution in [-0.2, 0) is 4.79 Å². The first kappa shape index (κ1) is 20.3. The van der Waals surface area contributed by atoms with Gasteiger partial charge in [0.1, 0.15) is 11.6 Å². The minimum absolute atomic E-state index is 0.0596. The van der Waals surface area contributed by atoms with Gasteiger partial charge in [-0.05, 0) is 49.4 Å². The standard InChI is InChI=1S/C20H17ClFN3O4/c1-12(20(27)23-14-5-8-17(28-2)16(21)11-14)29-18-9-10-19(26)25(24-18)15-6-3-13(22)4-7-15/h3-12H,1-2H3,(H,23,27). The van der Waals surface area contributed by atoms with E-state index >= 15 is 0 Å². The van der Waals surface area contributed by atoms with Crippen LogP contribution in [-0.4, -0.2) is 28.9 Å². The zero-order valence-corrected chi connectivity index (χ0v) is 16.3. The Labute approximate surface area is 170 Å². The Morgan fingerprint density at radius 1 is 1.17 bits per heavy atom. The molecule has 1 aromatic heterocycles. The lowest BCUT2D eigenvalue weighted by Crippen LogP contribution is -2.31. The van der Waals surface area contributed by atoms with Crippen molar-refractivity contribution in [2.24, 2.45) is 0 Å². The van der Waals surface area contributed by atoms with E-state index in [9.17, 15) is 14.0 Å². The first-order valence-corrected chi connectivity index (χ1v) is 8.92. The number of carbonyl (C=O) groups excluding carboxylic acids is 1. The van der Waals surface area contributed by atoms with Crippen LogP contribution in [0.1, 0.15) is 6.92 Å². The van der Waals surface area contributed by atoms with E-state index in [2.05, 4.69) is 10.4 Å². The highest BCUT2D eigenvalue weighted by atomic mass is 35.5. The molecule has 0 saturated carbocycles. The molecule has 0 radical (unpaired) electrons. The Bertz CT molecular complexity index is 1090. The van der Waals surface area contributed by atoms with Crippen molar-refractivity contribution in [3.8, 4) is 17.3 Å². The number of rotatable bonds is 6. The highest BCUT2D eigenvalue weighted by Gasteiger charge is 2.17. The van der Waals surface area contributed by atoms with E-state index in [0.717, 1.165) is 4.68 Å². The second kappa shape index (κ2) is 8.74. The van der Waals surface area contributed by atoms with Gasteiger partial charge in [0, 0.05) is 17.8 Å². The van der Waals surface area contributed by atoms with Gasteiger partial charge < -0.3 is 14.8 Å². The summed E-state index contributed by atoms with van der Waals surface area (Å²) in [4.78, 5) is 24.4. The number of ether oxygens (including phenoxy) is 2. The van der Waals surface area contributed by atoms with Gasteiger partial charge in [0.2, 0.25) is 5.88 Å². The molecule has 9 heteroatoms. The molecular weight excluding hydrogens is 401 g/mol. The molecule has 7 nitrogen and oxygen atoms in total. The summed E-state index contributed by atoms with van der Waals surface area (Å²) in [5.74, 6) is -0.323. The molecule has 0 fully saturated rings. The van der Waals surface area contributed by atoms with Gasteiger partial charge in [-0.3, -0.25) is 9.59 Å². The first-order valence-electron chi connectivity index (χ1n) is 8.55. The minimum atomic E-state index is -0.914. The quantitative estimate of drug-likeness (QED) is 0.664. The lowest BCUT2D eigenvalue weighted by molar-refractivity contribution is -0.122. The summed E-state index contributed by atoms with van der Waals surface area (Å²) in [5.41, 5.74) is 0.418. The van der Waals surface area contributed by atoms with Gasteiger partial charge in [0.05, 0.1) is 17.8 Å². The molecule has 0 aliphatic carbocycles. The van der Waals surface area contributed by atoms with Crippen molar-refractivity contribution in [2.75, 3.05) is 12.4 Å². The largest absolute Gasteiger partial charge is 0.495 e. The van der Waals surface area contributed by atoms with Gasteiger partial charge in [-0.15, -0.1) is 5.10 Å². The molecule has 2 aromatic carbocycles. The molecule has 0 bridgehead atoms. The zero-order valence-electron chi connectivity index (χ0n) is 15.6. The molecule has 1 N–H and O–H groups in total. The van der Waals surface area contributed by atoms with Crippen molar-refractivity contribution in [2.45, 2.75) is 13.0 Å². The highest BCUT2D eigenvalue weighted by molar-refractivity contribution is 6.32. The fourth-order valence-corrected chi connectivity index (χ4v) is 2.70. The molecule has 29 heavy (non-hydrogen) atoms. The molecule has 0 aliphatic heterocycles. The zero-order chi connectivity index (χ0) is 21.0. The Kier molecular flexibility index (Phi) is 6.13. The number of hydrogen-bond acceptors (Lipinski definition) is 5. The number of aromatic nitrogens is 2. The van der Waals surface area contributed by atoms with Crippen LogP contribution in [0.3, 0.4) is 0 Å². The topological polar surface area (TPSA) is 82.5 Å². The van der Waals surface area contributed by atoms with Crippen molar-refractivity contribution in [3.05, 3.63) is 75.8 Å². The van der Waals surface area contributed by atoms with Gasteiger partial charge in [-0.1, -0.05) is 11.6 Å². The molecule has 3 rings (SSSR count). The number of methoxy groups -OCH3 is 1. The van der Waals surface area contributed by atoms with Crippen LogP contribution >= 0.6 is 11.6 Å². The fourth-order valence-electron chi connectivity index (χ4n) is 2.45. The number of halogens is 2. The number of anilines is 1. The molecule has 0 aliphatic rings. The Morgan fingerprint density at radius 3 is 2.55 bits per heavy atom. The van der Waals surface area contributed by atoms with Crippen LogP contribution in [0.4, 0.5) is 10.1 Å². The number of benzene rings is 2. The van der Waals surface area contributed by atoms with E-state index in [4.69, 9.17) is 21.1 Å². The van der Waals surface area contributed by atoms with Gasteiger partial charge in [0.25, 0.3) is 11.5 Å². The summed E-state index contributed by atoms with van der Waals surface area (Å²) in [6.07, 6.45) is -0.914. The van der Waals surface area contributed by atoms with Gasteiger partial charge in [-0.25, -0.2) is 4.39 Å². The van der Waals surface area contributed by atoms with Crippen LogP contribution in [0.15, 0.2) is 59.4 Å². The number of hydrogen-bond donors (Lipinski definition) is 1. The Balaban J connectivity index is 1.73. The van der Waals surface area contributed by atoms with Gasteiger partial charge >= 0.3 is 0 Å². The third-order valence-electron chi connectivity index (χ3n) is 3.93. The summed E-state index contributed by atoms with van der Waals surface area (Å²) < 4.78 is 24.8. The van der Waals surface area contributed by atoms with Crippen molar-refractivity contribution in [3.63, 3.8) is 0 Å². The van der Waals surface area contributed by atoms with E-state index in [1.165, 1.54) is 50.4 Å². The third kappa shape index (κ3) is 4.91. The van der Waals surface area contributed by atoms with Crippen LogP contribution in [0.2, 0.25) is 5.02 Å². The molecule has 3 aromatic rings. The lowest BCUT2D eigenvalue weighted by Gasteiger charge is -2.15. The Morgan fingerprint density at radius 2 is 1.90 bits per heavy atom. The van der Waals surface area contributed by atoms with E-state index in [0.29, 0.717) is 22.1 Å². The van der Waals surface area contributed by atoms with Crippen molar-refractivity contribution in [1.29, 1.82) is 0 Å². The lowest BCUT2D eigenvalue weighted by atomic mass is 10.3. The van der Waals surface area contributed by atoms with Crippen LogP contribution < -0.4 is 20.3 Å². The van der Waals surface area contributed by atoms with Gasteiger partial charge in [0.15, 0.2) is 6.10 Å². The SMILES string of the molecule is COc1ccc(NC(=O)C(C)Oc2ccc(=O)n(-c3ccc(F)cc3)n2)cc1Cl. The maximum absolute atomic E-state index is 13.1. The smallest absolute Gasteiger partial charge is 0.271 e. The summed E-state index contributed by atoms with van der Waals surface area (Å²) in [7, 11) is 1.49. The molecular formula is C20H17ClFN3O4. The normalized spacial score (nSPS) is 11.6.